The Hall–Kier alpha value is -3.16. The molecule has 0 spiro atoms. The van der Waals surface area contributed by atoms with Crippen molar-refractivity contribution in [2.45, 2.75) is 78.9 Å². The number of benzene rings is 1. The van der Waals surface area contributed by atoms with E-state index in [1.165, 1.54) is 6.08 Å². The zero-order valence-electron chi connectivity index (χ0n) is 21.6. The molecule has 1 heterocycles. The minimum absolute atomic E-state index is 0.0897. The Morgan fingerprint density at radius 2 is 1.51 bits per heavy atom. The lowest BCUT2D eigenvalue weighted by Gasteiger charge is -2.33. The maximum Gasteiger partial charge on any atom is 0.326 e. The van der Waals surface area contributed by atoms with Crippen molar-refractivity contribution in [2.24, 2.45) is 17.8 Å². The number of aliphatic carboxylic acids is 1. The van der Waals surface area contributed by atoms with Crippen molar-refractivity contribution in [3.05, 3.63) is 41.5 Å². The largest absolute Gasteiger partial charge is 0.480 e. The van der Waals surface area contributed by atoms with E-state index in [-0.39, 0.29) is 29.7 Å². The van der Waals surface area contributed by atoms with E-state index in [9.17, 15) is 24.3 Å². The zero-order valence-corrected chi connectivity index (χ0v) is 21.6. The van der Waals surface area contributed by atoms with Crippen LogP contribution in [0, 0.1) is 17.8 Å². The third kappa shape index (κ3) is 6.71. The molecule has 192 valence electrons. The molecule has 6 atom stereocenters. The van der Waals surface area contributed by atoms with E-state index in [0.717, 1.165) is 6.42 Å². The maximum atomic E-state index is 13.2. The second kappa shape index (κ2) is 12.5. The maximum absolute atomic E-state index is 13.2. The van der Waals surface area contributed by atoms with Crippen LogP contribution in [-0.2, 0) is 14.4 Å². The fourth-order valence-electron chi connectivity index (χ4n) is 4.21. The van der Waals surface area contributed by atoms with Crippen LogP contribution < -0.4 is 16.0 Å². The second-order valence-electron chi connectivity index (χ2n) is 9.56. The normalized spacial score (nSPS) is 20.6. The molecule has 4 N–H and O–H groups in total. The topological polar surface area (TPSA) is 125 Å². The minimum Gasteiger partial charge on any atom is -0.480 e. The van der Waals surface area contributed by atoms with Gasteiger partial charge in [0.2, 0.25) is 11.8 Å². The van der Waals surface area contributed by atoms with E-state index in [1.807, 2.05) is 46.8 Å². The molecule has 0 aliphatic carbocycles. The molecule has 1 aliphatic rings. The first-order valence-corrected chi connectivity index (χ1v) is 12.5. The van der Waals surface area contributed by atoms with Crippen LogP contribution in [0.1, 0.15) is 76.7 Å². The number of hydrogen-bond donors (Lipinski definition) is 4. The van der Waals surface area contributed by atoms with E-state index >= 15 is 0 Å². The lowest BCUT2D eigenvalue weighted by atomic mass is 9.82. The first-order valence-electron chi connectivity index (χ1n) is 12.5. The van der Waals surface area contributed by atoms with Gasteiger partial charge in [0.15, 0.2) is 0 Å². The van der Waals surface area contributed by atoms with Crippen molar-refractivity contribution in [3.63, 3.8) is 0 Å². The highest BCUT2D eigenvalue weighted by Crippen LogP contribution is 2.31. The Labute approximate surface area is 207 Å². The predicted octanol–water partition coefficient (Wildman–Crippen LogP) is 3.37. The summed E-state index contributed by atoms with van der Waals surface area (Å²) in [4.78, 5) is 50.7. The van der Waals surface area contributed by atoms with Crippen LogP contribution >= 0.6 is 0 Å². The SMILES string of the molecule is CC[C@H](C)[C@H](NC(=O)[C@@H](NC(=O)/C=C1/c2ccccc2C(=O)N[C@H]1[C@@H](C)CC)[C@@H](C)CC)C(=O)O. The Morgan fingerprint density at radius 3 is 2.06 bits per heavy atom. The molecule has 0 saturated heterocycles. The van der Waals surface area contributed by atoms with Crippen molar-refractivity contribution < 1.29 is 24.3 Å². The van der Waals surface area contributed by atoms with Crippen LogP contribution in [-0.4, -0.2) is 46.9 Å². The second-order valence-corrected chi connectivity index (χ2v) is 9.56. The van der Waals surface area contributed by atoms with Crippen molar-refractivity contribution in [1.82, 2.24) is 16.0 Å². The Balaban J connectivity index is 2.37. The van der Waals surface area contributed by atoms with Crippen LogP contribution in [0.15, 0.2) is 30.3 Å². The molecule has 35 heavy (non-hydrogen) atoms. The molecule has 0 saturated carbocycles. The van der Waals surface area contributed by atoms with E-state index < -0.39 is 29.9 Å². The first-order chi connectivity index (χ1) is 16.5. The van der Waals surface area contributed by atoms with Crippen LogP contribution in [0.2, 0.25) is 0 Å². The van der Waals surface area contributed by atoms with Gasteiger partial charge in [-0.1, -0.05) is 79.0 Å². The van der Waals surface area contributed by atoms with Crippen molar-refractivity contribution >= 4 is 29.3 Å². The molecule has 1 aromatic carbocycles. The summed E-state index contributed by atoms with van der Waals surface area (Å²) >= 11 is 0. The van der Waals surface area contributed by atoms with Crippen molar-refractivity contribution in [2.75, 3.05) is 0 Å². The fraction of sp³-hybridized carbons (Fsp3) is 0.556. The molecular weight excluding hydrogens is 446 g/mol. The lowest BCUT2D eigenvalue weighted by molar-refractivity contribution is -0.144. The van der Waals surface area contributed by atoms with Gasteiger partial charge in [-0.3, -0.25) is 14.4 Å². The van der Waals surface area contributed by atoms with Crippen LogP contribution in [0.25, 0.3) is 5.57 Å². The molecule has 0 unspecified atom stereocenters. The molecule has 8 nitrogen and oxygen atoms in total. The fourth-order valence-corrected chi connectivity index (χ4v) is 4.21. The van der Waals surface area contributed by atoms with Crippen molar-refractivity contribution in [3.8, 4) is 0 Å². The van der Waals surface area contributed by atoms with Gasteiger partial charge in [-0.25, -0.2) is 4.79 Å². The van der Waals surface area contributed by atoms with Gasteiger partial charge in [0, 0.05) is 11.6 Å². The van der Waals surface area contributed by atoms with Gasteiger partial charge in [0.1, 0.15) is 12.1 Å². The van der Waals surface area contributed by atoms with Crippen LogP contribution in [0.5, 0.6) is 0 Å². The molecule has 0 bridgehead atoms. The molecular formula is C27H39N3O5. The average Bonchev–Trinajstić information content (AvgIpc) is 2.85. The number of nitrogens with one attached hydrogen (secondary N) is 3. The smallest absolute Gasteiger partial charge is 0.326 e. The first kappa shape index (κ1) is 28.1. The Kier molecular flexibility index (Phi) is 10.0. The van der Waals surface area contributed by atoms with Gasteiger partial charge < -0.3 is 21.1 Å². The highest BCUT2D eigenvalue weighted by atomic mass is 16.4. The number of carboxylic acids is 1. The Morgan fingerprint density at radius 1 is 0.943 bits per heavy atom. The molecule has 0 aromatic heterocycles. The summed E-state index contributed by atoms with van der Waals surface area (Å²) in [6.45, 7) is 11.4. The van der Waals surface area contributed by atoms with Gasteiger partial charge in [-0.05, 0) is 35.0 Å². The van der Waals surface area contributed by atoms with E-state index in [2.05, 4.69) is 16.0 Å². The molecule has 1 aromatic rings. The molecule has 0 radical (unpaired) electrons. The van der Waals surface area contributed by atoms with Gasteiger partial charge in [-0.15, -0.1) is 0 Å². The summed E-state index contributed by atoms with van der Waals surface area (Å²) in [5, 5.41) is 18.0. The number of fused-ring (bicyclic) bond motifs is 1. The summed E-state index contributed by atoms with van der Waals surface area (Å²) in [6.07, 6.45) is 3.47. The van der Waals surface area contributed by atoms with Gasteiger partial charge in [0.25, 0.3) is 5.91 Å². The van der Waals surface area contributed by atoms with E-state index in [4.69, 9.17) is 0 Å². The number of carbonyl (C=O) groups excluding carboxylic acids is 3. The van der Waals surface area contributed by atoms with Gasteiger partial charge >= 0.3 is 5.97 Å². The summed E-state index contributed by atoms with van der Waals surface area (Å²) in [6, 6.07) is 4.87. The zero-order chi connectivity index (χ0) is 26.3. The summed E-state index contributed by atoms with van der Waals surface area (Å²) in [5.74, 6) is -2.64. The van der Waals surface area contributed by atoms with E-state index in [1.54, 1.807) is 19.1 Å². The number of carboxylic acid groups (broad SMARTS) is 1. The summed E-state index contributed by atoms with van der Waals surface area (Å²) in [7, 11) is 0. The monoisotopic (exact) mass is 485 g/mol. The lowest BCUT2D eigenvalue weighted by Crippen LogP contribution is -2.55. The number of carbonyl (C=O) groups is 4. The molecule has 3 amide bonds. The summed E-state index contributed by atoms with van der Waals surface area (Å²) in [5.41, 5.74) is 1.89. The third-order valence-corrected chi connectivity index (χ3v) is 7.17. The highest BCUT2D eigenvalue weighted by molar-refractivity contribution is 6.07. The molecule has 8 heteroatoms. The highest BCUT2D eigenvalue weighted by Gasteiger charge is 2.34. The minimum atomic E-state index is -1.10. The third-order valence-electron chi connectivity index (χ3n) is 7.17. The van der Waals surface area contributed by atoms with Crippen LogP contribution in [0.4, 0.5) is 0 Å². The summed E-state index contributed by atoms with van der Waals surface area (Å²) < 4.78 is 0. The van der Waals surface area contributed by atoms with Crippen LogP contribution in [0.3, 0.4) is 0 Å². The number of rotatable bonds is 11. The van der Waals surface area contributed by atoms with Gasteiger partial charge in [0.05, 0.1) is 6.04 Å². The predicted molar refractivity (Wildman–Crippen MR) is 136 cm³/mol. The molecule has 0 fully saturated rings. The number of amides is 3. The molecule has 1 aliphatic heterocycles. The molecule has 2 rings (SSSR count). The standard InChI is InChI=1S/C27H39N3O5/c1-7-15(4)22-20(18-12-10-11-13-19(18)25(32)29-22)14-21(31)28-23(16(5)8-2)26(33)30-24(27(34)35)17(6)9-3/h10-17,22-24H,7-9H2,1-6H3,(H,28,31)(H,29,32)(H,30,33)(H,34,35)/b20-14-/t15-,16-,17-,22-,23-,24-/m0/s1. The van der Waals surface area contributed by atoms with E-state index in [0.29, 0.717) is 29.5 Å². The number of hydrogen-bond acceptors (Lipinski definition) is 4. The van der Waals surface area contributed by atoms with Crippen molar-refractivity contribution in [1.29, 1.82) is 0 Å². The quantitative estimate of drug-likeness (QED) is 0.358. The Bertz CT molecular complexity index is 973. The van der Waals surface area contributed by atoms with Gasteiger partial charge in [-0.2, -0.15) is 0 Å². The average molecular weight is 486 g/mol.